The average molecular weight is 257 g/mol. The lowest BCUT2D eigenvalue weighted by atomic mass is 10.1. The van der Waals surface area contributed by atoms with Crippen molar-refractivity contribution in [2.24, 2.45) is 0 Å². The molecule has 0 saturated carbocycles. The smallest absolute Gasteiger partial charge is 0.155 e. The third-order valence-corrected chi connectivity index (χ3v) is 2.77. The van der Waals surface area contributed by atoms with Gasteiger partial charge in [0.2, 0.25) is 0 Å². The van der Waals surface area contributed by atoms with Crippen LogP contribution in [0.15, 0.2) is 30.3 Å². The molecule has 0 aliphatic heterocycles. The molecule has 0 aromatic heterocycles. The molecule has 0 N–H and O–H groups in total. The average Bonchev–Trinajstić information content (AvgIpc) is 2.28. The fourth-order valence-corrected chi connectivity index (χ4v) is 1.66. The maximum absolute atomic E-state index is 11.4. The Morgan fingerprint density at radius 2 is 2.00 bits per heavy atom. The number of ketones is 1. The highest BCUT2D eigenvalue weighted by Gasteiger charge is 1.98. The Labute approximate surface area is 106 Å². The van der Waals surface area contributed by atoms with Gasteiger partial charge in [0.05, 0.1) is 0 Å². The minimum Gasteiger partial charge on any atom is -0.295 e. The Bertz CT molecular complexity index is 372. The lowest BCUT2D eigenvalue weighted by Gasteiger charge is -1.96. The second-order valence-corrected chi connectivity index (χ2v) is 4.25. The number of unbranched alkanes of at least 4 members (excludes halogenated alkanes) is 1. The normalized spacial score (nSPS) is 10.9. The van der Waals surface area contributed by atoms with Crippen molar-refractivity contribution in [2.45, 2.75) is 19.3 Å². The highest BCUT2D eigenvalue weighted by Crippen LogP contribution is 2.16. The monoisotopic (exact) mass is 256 g/mol. The number of allylic oxidation sites excluding steroid dienone is 1. The number of benzene rings is 1. The third-order valence-electron chi connectivity index (χ3n) is 2.16. The minimum absolute atomic E-state index is 0.116. The second kappa shape index (κ2) is 7.48. The van der Waals surface area contributed by atoms with Crippen molar-refractivity contribution in [3.05, 3.63) is 40.9 Å². The van der Waals surface area contributed by atoms with Crippen LogP contribution in [0.3, 0.4) is 0 Å². The predicted octanol–water partition coefficient (Wildman–Crippen LogP) is 4.33. The SMILES string of the molecule is O=C(C=Cc1ccccc1Cl)CCCCCl. The van der Waals surface area contributed by atoms with Gasteiger partial charge in [0, 0.05) is 17.3 Å². The topological polar surface area (TPSA) is 17.1 Å². The Morgan fingerprint density at radius 3 is 2.69 bits per heavy atom. The van der Waals surface area contributed by atoms with Crippen molar-refractivity contribution in [2.75, 3.05) is 5.88 Å². The summed E-state index contributed by atoms with van der Waals surface area (Å²) in [6.45, 7) is 0. The highest BCUT2D eigenvalue weighted by atomic mass is 35.5. The third kappa shape index (κ3) is 4.82. The first-order valence-corrected chi connectivity index (χ1v) is 6.16. The molecule has 16 heavy (non-hydrogen) atoms. The summed E-state index contributed by atoms with van der Waals surface area (Å²) >= 11 is 11.5. The summed E-state index contributed by atoms with van der Waals surface area (Å²) in [5.74, 6) is 0.728. The van der Waals surface area contributed by atoms with E-state index in [1.165, 1.54) is 0 Å². The standard InChI is InChI=1S/C13H14Cl2O/c14-10-4-3-6-12(16)9-8-11-5-1-2-7-13(11)15/h1-2,5,7-9H,3-4,6,10H2. The summed E-state index contributed by atoms with van der Waals surface area (Å²) in [5, 5.41) is 0.660. The van der Waals surface area contributed by atoms with Gasteiger partial charge in [0.25, 0.3) is 0 Å². The van der Waals surface area contributed by atoms with E-state index in [-0.39, 0.29) is 5.78 Å². The molecule has 1 nitrogen and oxygen atoms in total. The molecule has 1 aromatic carbocycles. The number of hydrogen-bond donors (Lipinski definition) is 0. The molecule has 1 rings (SSSR count). The summed E-state index contributed by atoms with van der Waals surface area (Å²) in [7, 11) is 0. The second-order valence-electron chi connectivity index (χ2n) is 3.47. The van der Waals surface area contributed by atoms with E-state index in [0.717, 1.165) is 18.4 Å². The summed E-state index contributed by atoms with van der Waals surface area (Å²) in [6.07, 6.45) is 5.61. The van der Waals surface area contributed by atoms with E-state index < -0.39 is 0 Å². The largest absolute Gasteiger partial charge is 0.295 e. The van der Waals surface area contributed by atoms with Crippen LogP contribution in [0.5, 0.6) is 0 Å². The fraction of sp³-hybridized carbons (Fsp3) is 0.308. The van der Waals surface area contributed by atoms with Crippen molar-refractivity contribution in [1.29, 1.82) is 0 Å². The molecule has 0 aliphatic rings. The Morgan fingerprint density at radius 1 is 1.25 bits per heavy atom. The molecule has 0 amide bonds. The molecular formula is C13H14Cl2O. The van der Waals surface area contributed by atoms with E-state index in [0.29, 0.717) is 17.3 Å². The van der Waals surface area contributed by atoms with E-state index in [4.69, 9.17) is 23.2 Å². The molecule has 1 aromatic rings. The number of alkyl halides is 1. The lowest BCUT2D eigenvalue weighted by molar-refractivity contribution is -0.114. The quantitative estimate of drug-likeness (QED) is 0.421. The van der Waals surface area contributed by atoms with Crippen LogP contribution in [-0.2, 0) is 4.79 Å². The molecule has 0 fully saturated rings. The van der Waals surface area contributed by atoms with Crippen molar-refractivity contribution in [3.8, 4) is 0 Å². The zero-order valence-electron chi connectivity index (χ0n) is 8.96. The van der Waals surface area contributed by atoms with Crippen LogP contribution in [-0.4, -0.2) is 11.7 Å². The molecular weight excluding hydrogens is 243 g/mol. The zero-order chi connectivity index (χ0) is 11.8. The van der Waals surface area contributed by atoms with E-state index in [2.05, 4.69) is 0 Å². The van der Waals surface area contributed by atoms with Gasteiger partial charge in [-0.3, -0.25) is 4.79 Å². The molecule has 0 saturated heterocycles. The van der Waals surface area contributed by atoms with E-state index in [9.17, 15) is 4.79 Å². The molecule has 0 atom stereocenters. The maximum atomic E-state index is 11.4. The summed E-state index contributed by atoms with van der Waals surface area (Å²) < 4.78 is 0. The first kappa shape index (κ1) is 13.3. The van der Waals surface area contributed by atoms with Crippen molar-refractivity contribution in [1.82, 2.24) is 0 Å². The van der Waals surface area contributed by atoms with Gasteiger partial charge in [-0.1, -0.05) is 29.8 Å². The van der Waals surface area contributed by atoms with Crippen LogP contribution < -0.4 is 0 Å². The van der Waals surface area contributed by atoms with Crippen LogP contribution in [0.2, 0.25) is 5.02 Å². The number of hydrogen-bond acceptors (Lipinski definition) is 1. The number of rotatable bonds is 6. The summed E-state index contributed by atoms with van der Waals surface area (Å²) in [5.41, 5.74) is 0.870. The summed E-state index contributed by atoms with van der Waals surface area (Å²) in [6, 6.07) is 7.44. The number of carbonyl (C=O) groups is 1. The van der Waals surface area contributed by atoms with Gasteiger partial charge in [-0.15, -0.1) is 11.6 Å². The molecule has 3 heteroatoms. The van der Waals surface area contributed by atoms with Gasteiger partial charge in [0.1, 0.15) is 0 Å². The first-order valence-electron chi connectivity index (χ1n) is 5.25. The van der Waals surface area contributed by atoms with Crippen LogP contribution in [0.4, 0.5) is 0 Å². The zero-order valence-corrected chi connectivity index (χ0v) is 10.5. The lowest BCUT2D eigenvalue weighted by Crippen LogP contribution is -1.92. The van der Waals surface area contributed by atoms with Gasteiger partial charge in [-0.05, 0) is 36.6 Å². The molecule has 0 bridgehead atoms. The molecule has 0 radical (unpaired) electrons. The molecule has 0 heterocycles. The van der Waals surface area contributed by atoms with Gasteiger partial charge in [-0.2, -0.15) is 0 Å². The predicted molar refractivity (Wildman–Crippen MR) is 70.1 cm³/mol. The van der Waals surface area contributed by atoms with Gasteiger partial charge >= 0.3 is 0 Å². The molecule has 0 spiro atoms. The molecule has 86 valence electrons. The Hall–Kier alpha value is -0.790. The highest BCUT2D eigenvalue weighted by molar-refractivity contribution is 6.32. The van der Waals surface area contributed by atoms with Gasteiger partial charge in [-0.25, -0.2) is 0 Å². The van der Waals surface area contributed by atoms with E-state index in [1.807, 2.05) is 18.2 Å². The van der Waals surface area contributed by atoms with Crippen LogP contribution in [0, 0.1) is 0 Å². The van der Waals surface area contributed by atoms with Crippen molar-refractivity contribution >= 4 is 35.1 Å². The van der Waals surface area contributed by atoms with Crippen LogP contribution in [0.25, 0.3) is 6.08 Å². The minimum atomic E-state index is 0.116. The van der Waals surface area contributed by atoms with Crippen LogP contribution >= 0.6 is 23.2 Å². The number of carbonyl (C=O) groups excluding carboxylic acids is 1. The summed E-state index contributed by atoms with van der Waals surface area (Å²) in [4.78, 5) is 11.4. The maximum Gasteiger partial charge on any atom is 0.155 e. The Balaban J connectivity index is 2.47. The van der Waals surface area contributed by atoms with E-state index >= 15 is 0 Å². The van der Waals surface area contributed by atoms with E-state index in [1.54, 1.807) is 18.2 Å². The van der Waals surface area contributed by atoms with Crippen molar-refractivity contribution in [3.63, 3.8) is 0 Å². The molecule has 0 unspecified atom stereocenters. The molecule has 0 aliphatic carbocycles. The van der Waals surface area contributed by atoms with Gasteiger partial charge < -0.3 is 0 Å². The first-order chi connectivity index (χ1) is 7.74. The van der Waals surface area contributed by atoms with Crippen molar-refractivity contribution < 1.29 is 4.79 Å². The number of halogens is 2. The fourth-order valence-electron chi connectivity index (χ4n) is 1.27. The van der Waals surface area contributed by atoms with Crippen LogP contribution in [0.1, 0.15) is 24.8 Å². The Kier molecular flexibility index (Phi) is 6.20. The van der Waals surface area contributed by atoms with Gasteiger partial charge in [0.15, 0.2) is 5.78 Å².